The number of ketones is 1. The van der Waals surface area contributed by atoms with Crippen LogP contribution in [0.4, 0.5) is 5.69 Å². The van der Waals surface area contributed by atoms with Crippen LogP contribution in [0, 0.1) is 0 Å². The smallest absolute Gasteiger partial charge is 0.165 e. The molecule has 0 saturated carbocycles. The van der Waals surface area contributed by atoms with Crippen LogP contribution in [0.25, 0.3) is 0 Å². The first-order valence-electron chi connectivity index (χ1n) is 6.22. The van der Waals surface area contributed by atoms with E-state index in [1.807, 2.05) is 18.2 Å². The SMILES string of the molecule is COc1cccc(N2CCC=C(C)C2)c1C(C)=O. The Bertz CT molecular complexity index is 491. The molecule has 18 heavy (non-hydrogen) atoms. The summed E-state index contributed by atoms with van der Waals surface area (Å²) in [6.07, 6.45) is 3.28. The maximum atomic E-state index is 11.8. The first-order valence-corrected chi connectivity index (χ1v) is 6.22. The number of benzene rings is 1. The summed E-state index contributed by atoms with van der Waals surface area (Å²) >= 11 is 0. The third kappa shape index (κ3) is 2.40. The van der Waals surface area contributed by atoms with E-state index in [0.29, 0.717) is 11.3 Å². The summed E-state index contributed by atoms with van der Waals surface area (Å²) in [5.74, 6) is 0.710. The van der Waals surface area contributed by atoms with E-state index < -0.39 is 0 Å². The lowest BCUT2D eigenvalue weighted by atomic mass is 10.0. The number of nitrogens with zero attached hydrogens (tertiary/aromatic N) is 1. The van der Waals surface area contributed by atoms with Crippen LogP contribution in [-0.2, 0) is 0 Å². The summed E-state index contributed by atoms with van der Waals surface area (Å²) in [6, 6.07) is 5.78. The van der Waals surface area contributed by atoms with Crippen molar-refractivity contribution < 1.29 is 9.53 Å². The second-order valence-corrected chi connectivity index (χ2v) is 4.67. The predicted octanol–water partition coefficient (Wildman–Crippen LogP) is 3.05. The van der Waals surface area contributed by atoms with Gasteiger partial charge >= 0.3 is 0 Å². The van der Waals surface area contributed by atoms with Crippen LogP contribution in [0.3, 0.4) is 0 Å². The third-order valence-corrected chi connectivity index (χ3v) is 3.25. The molecule has 3 heteroatoms. The van der Waals surface area contributed by atoms with Gasteiger partial charge in [-0.05, 0) is 32.4 Å². The Morgan fingerprint density at radius 1 is 1.39 bits per heavy atom. The highest BCUT2D eigenvalue weighted by Gasteiger charge is 2.19. The number of carbonyl (C=O) groups is 1. The zero-order chi connectivity index (χ0) is 13.1. The quantitative estimate of drug-likeness (QED) is 0.605. The van der Waals surface area contributed by atoms with Gasteiger partial charge in [0, 0.05) is 13.1 Å². The van der Waals surface area contributed by atoms with Gasteiger partial charge in [0.25, 0.3) is 0 Å². The number of hydrogen-bond donors (Lipinski definition) is 0. The summed E-state index contributed by atoms with van der Waals surface area (Å²) in [4.78, 5) is 14.1. The monoisotopic (exact) mass is 245 g/mol. The largest absolute Gasteiger partial charge is 0.496 e. The van der Waals surface area contributed by atoms with E-state index in [2.05, 4.69) is 17.9 Å². The molecule has 96 valence electrons. The van der Waals surface area contributed by atoms with Gasteiger partial charge in [0.1, 0.15) is 5.75 Å². The topological polar surface area (TPSA) is 29.5 Å². The number of ether oxygens (including phenoxy) is 1. The van der Waals surface area contributed by atoms with Gasteiger partial charge in [-0.25, -0.2) is 0 Å². The summed E-state index contributed by atoms with van der Waals surface area (Å²) in [5, 5.41) is 0. The average Bonchev–Trinajstić information content (AvgIpc) is 2.37. The normalized spacial score (nSPS) is 15.3. The van der Waals surface area contributed by atoms with Crippen LogP contribution >= 0.6 is 0 Å². The maximum Gasteiger partial charge on any atom is 0.165 e. The fourth-order valence-electron chi connectivity index (χ4n) is 2.42. The molecule has 1 aliphatic heterocycles. The molecule has 0 unspecified atom stereocenters. The van der Waals surface area contributed by atoms with Crippen molar-refractivity contribution in [3.05, 3.63) is 35.4 Å². The van der Waals surface area contributed by atoms with Crippen molar-refractivity contribution in [2.75, 3.05) is 25.1 Å². The third-order valence-electron chi connectivity index (χ3n) is 3.25. The second-order valence-electron chi connectivity index (χ2n) is 4.67. The second kappa shape index (κ2) is 5.25. The van der Waals surface area contributed by atoms with Crippen molar-refractivity contribution >= 4 is 11.5 Å². The van der Waals surface area contributed by atoms with Crippen LogP contribution < -0.4 is 9.64 Å². The molecule has 0 fully saturated rings. The number of rotatable bonds is 3. The Labute approximate surface area is 108 Å². The highest BCUT2D eigenvalue weighted by molar-refractivity contribution is 6.02. The van der Waals surface area contributed by atoms with Crippen LogP contribution in [0.1, 0.15) is 30.6 Å². The molecule has 0 aromatic heterocycles. The molecule has 0 atom stereocenters. The molecular formula is C15H19NO2. The molecule has 1 aromatic carbocycles. The van der Waals surface area contributed by atoms with E-state index in [4.69, 9.17) is 4.74 Å². The highest BCUT2D eigenvalue weighted by Crippen LogP contribution is 2.31. The summed E-state index contributed by atoms with van der Waals surface area (Å²) < 4.78 is 5.30. The van der Waals surface area contributed by atoms with E-state index in [-0.39, 0.29) is 5.78 Å². The minimum Gasteiger partial charge on any atom is -0.496 e. The first kappa shape index (κ1) is 12.7. The standard InChI is InChI=1S/C15H19NO2/c1-11-6-5-9-16(10-11)13-7-4-8-14(18-3)15(13)12(2)17/h4,6-8H,5,9-10H2,1-3H3. The fourth-order valence-corrected chi connectivity index (χ4v) is 2.42. The minimum atomic E-state index is 0.0506. The van der Waals surface area contributed by atoms with E-state index >= 15 is 0 Å². The molecule has 1 aromatic rings. The molecule has 1 aliphatic rings. The molecular weight excluding hydrogens is 226 g/mol. The van der Waals surface area contributed by atoms with Gasteiger partial charge in [-0.2, -0.15) is 0 Å². The molecule has 0 N–H and O–H groups in total. The molecule has 0 amide bonds. The summed E-state index contributed by atoms with van der Waals surface area (Å²) in [6.45, 7) is 5.55. The molecule has 2 rings (SSSR count). The van der Waals surface area contributed by atoms with Gasteiger partial charge in [-0.3, -0.25) is 4.79 Å². The minimum absolute atomic E-state index is 0.0506. The Morgan fingerprint density at radius 3 is 2.78 bits per heavy atom. The highest BCUT2D eigenvalue weighted by atomic mass is 16.5. The van der Waals surface area contributed by atoms with Gasteiger partial charge in [-0.1, -0.05) is 17.7 Å². The lowest BCUT2D eigenvalue weighted by Crippen LogP contribution is -2.30. The number of carbonyl (C=O) groups excluding carboxylic acids is 1. The summed E-state index contributed by atoms with van der Waals surface area (Å²) in [5.41, 5.74) is 3.02. The molecule has 0 saturated heterocycles. The number of Topliss-reactive ketones (excluding diaryl/α,β-unsaturated/α-hetero) is 1. The van der Waals surface area contributed by atoms with Crippen LogP contribution in [0.2, 0.25) is 0 Å². The molecule has 1 heterocycles. The van der Waals surface area contributed by atoms with E-state index in [1.54, 1.807) is 14.0 Å². The van der Waals surface area contributed by atoms with Crippen molar-refractivity contribution in [1.29, 1.82) is 0 Å². The summed E-state index contributed by atoms with van der Waals surface area (Å²) in [7, 11) is 1.60. The van der Waals surface area contributed by atoms with Crippen molar-refractivity contribution in [2.24, 2.45) is 0 Å². The number of hydrogen-bond acceptors (Lipinski definition) is 3. The molecule has 3 nitrogen and oxygen atoms in total. The zero-order valence-electron chi connectivity index (χ0n) is 11.2. The van der Waals surface area contributed by atoms with Crippen molar-refractivity contribution in [3.63, 3.8) is 0 Å². The first-order chi connectivity index (χ1) is 8.63. The van der Waals surface area contributed by atoms with Crippen LogP contribution in [0.15, 0.2) is 29.8 Å². The van der Waals surface area contributed by atoms with E-state index in [0.717, 1.165) is 25.2 Å². The number of methoxy groups -OCH3 is 1. The van der Waals surface area contributed by atoms with Gasteiger partial charge in [0.2, 0.25) is 0 Å². The average molecular weight is 245 g/mol. The lowest BCUT2D eigenvalue weighted by Gasteiger charge is -2.30. The molecule has 0 spiro atoms. The van der Waals surface area contributed by atoms with Crippen LogP contribution in [0.5, 0.6) is 5.75 Å². The number of anilines is 1. The maximum absolute atomic E-state index is 11.8. The van der Waals surface area contributed by atoms with Gasteiger partial charge in [0.15, 0.2) is 5.78 Å². The van der Waals surface area contributed by atoms with Crippen molar-refractivity contribution in [3.8, 4) is 5.75 Å². The Kier molecular flexibility index (Phi) is 3.70. The molecule has 0 radical (unpaired) electrons. The Balaban J connectivity index is 2.44. The van der Waals surface area contributed by atoms with Gasteiger partial charge < -0.3 is 9.64 Å². The van der Waals surface area contributed by atoms with Crippen molar-refractivity contribution in [1.82, 2.24) is 0 Å². The molecule has 0 aliphatic carbocycles. The van der Waals surface area contributed by atoms with Gasteiger partial charge in [0.05, 0.1) is 18.4 Å². The predicted molar refractivity (Wildman–Crippen MR) is 73.6 cm³/mol. The van der Waals surface area contributed by atoms with Crippen molar-refractivity contribution in [2.45, 2.75) is 20.3 Å². The zero-order valence-corrected chi connectivity index (χ0v) is 11.2. The van der Waals surface area contributed by atoms with Gasteiger partial charge in [-0.15, -0.1) is 0 Å². The molecule has 0 bridgehead atoms. The van der Waals surface area contributed by atoms with Crippen LogP contribution in [-0.4, -0.2) is 26.0 Å². The van der Waals surface area contributed by atoms with E-state index in [9.17, 15) is 4.79 Å². The fraction of sp³-hybridized carbons (Fsp3) is 0.400. The Morgan fingerprint density at radius 2 is 2.17 bits per heavy atom. The Hall–Kier alpha value is -1.77. The van der Waals surface area contributed by atoms with E-state index in [1.165, 1.54) is 5.57 Å². The lowest BCUT2D eigenvalue weighted by molar-refractivity contribution is 0.101.